The molecule has 0 radical (unpaired) electrons. The van der Waals surface area contributed by atoms with Crippen LogP contribution in [-0.2, 0) is 12.8 Å². The number of carbonyl (C=O) groups is 1. The molecule has 0 bridgehead atoms. The van der Waals surface area contributed by atoms with Gasteiger partial charge in [0.05, 0.1) is 5.56 Å². The van der Waals surface area contributed by atoms with Gasteiger partial charge in [0, 0.05) is 0 Å². The normalized spacial score (nSPS) is 10.6. The van der Waals surface area contributed by atoms with E-state index in [9.17, 15) is 9.90 Å². The average molecular weight is 268 g/mol. The Bertz CT molecular complexity index is 642. The highest BCUT2D eigenvalue weighted by molar-refractivity contribution is 5.92. The number of hydrogen-bond donors (Lipinski definition) is 1. The zero-order valence-electron chi connectivity index (χ0n) is 12.2. The fraction of sp³-hybridized carbons (Fsp3) is 0.278. The van der Waals surface area contributed by atoms with Gasteiger partial charge in [0.2, 0.25) is 0 Å². The van der Waals surface area contributed by atoms with Gasteiger partial charge in [-0.2, -0.15) is 0 Å². The van der Waals surface area contributed by atoms with Crippen molar-refractivity contribution < 1.29 is 9.90 Å². The third-order valence-electron chi connectivity index (χ3n) is 3.82. The van der Waals surface area contributed by atoms with Crippen LogP contribution >= 0.6 is 0 Å². The fourth-order valence-electron chi connectivity index (χ4n) is 2.56. The van der Waals surface area contributed by atoms with Crippen LogP contribution in [-0.4, -0.2) is 11.1 Å². The molecule has 0 heterocycles. The van der Waals surface area contributed by atoms with Gasteiger partial charge in [-0.25, -0.2) is 4.79 Å². The molecule has 2 aromatic rings. The summed E-state index contributed by atoms with van der Waals surface area (Å²) in [5, 5.41) is 9.26. The molecule has 2 rings (SSSR count). The Morgan fingerprint density at radius 2 is 1.80 bits per heavy atom. The molecule has 0 amide bonds. The van der Waals surface area contributed by atoms with E-state index in [1.807, 2.05) is 19.1 Å². The summed E-state index contributed by atoms with van der Waals surface area (Å²) in [6.07, 6.45) is 1.92. The molecular formula is C18H20O2. The molecular weight excluding hydrogens is 248 g/mol. The summed E-state index contributed by atoms with van der Waals surface area (Å²) in [4.78, 5) is 11.3. The third kappa shape index (κ3) is 2.60. The Morgan fingerprint density at radius 3 is 2.40 bits per heavy atom. The second kappa shape index (κ2) is 5.91. The Balaban J connectivity index is 2.67. The van der Waals surface area contributed by atoms with Crippen LogP contribution in [0.5, 0.6) is 0 Å². The van der Waals surface area contributed by atoms with E-state index >= 15 is 0 Å². The van der Waals surface area contributed by atoms with Crippen molar-refractivity contribution in [2.45, 2.75) is 33.6 Å². The van der Waals surface area contributed by atoms with E-state index < -0.39 is 5.97 Å². The summed E-state index contributed by atoms with van der Waals surface area (Å²) < 4.78 is 0. The molecule has 0 aromatic heterocycles. The molecule has 104 valence electrons. The van der Waals surface area contributed by atoms with Crippen LogP contribution in [0.4, 0.5) is 0 Å². The SMILES string of the molecule is CCc1ccc(CC)c(-c2cccc(C(=O)O)c2C)c1. The van der Waals surface area contributed by atoms with Crippen LogP contribution in [0, 0.1) is 6.92 Å². The van der Waals surface area contributed by atoms with E-state index in [1.54, 1.807) is 6.07 Å². The predicted molar refractivity (Wildman–Crippen MR) is 82.3 cm³/mol. The van der Waals surface area contributed by atoms with Gasteiger partial charge in [0.15, 0.2) is 0 Å². The lowest BCUT2D eigenvalue weighted by atomic mass is 9.90. The lowest BCUT2D eigenvalue weighted by Gasteiger charge is -2.14. The highest BCUT2D eigenvalue weighted by atomic mass is 16.4. The molecule has 20 heavy (non-hydrogen) atoms. The minimum Gasteiger partial charge on any atom is -0.478 e. The van der Waals surface area contributed by atoms with Crippen LogP contribution in [0.25, 0.3) is 11.1 Å². The van der Waals surface area contributed by atoms with Gasteiger partial charge in [-0.1, -0.05) is 44.2 Å². The standard InChI is InChI=1S/C18H20O2/c1-4-13-9-10-14(5-2)17(11-13)15-7-6-8-16(12(15)3)18(19)20/h6-11H,4-5H2,1-3H3,(H,19,20). The van der Waals surface area contributed by atoms with Crippen molar-refractivity contribution in [1.82, 2.24) is 0 Å². The second-order valence-electron chi connectivity index (χ2n) is 4.98. The molecule has 0 atom stereocenters. The van der Waals surface area contributed by atoms with Crippen LogP contribution < -0.4 is 0 Å². The van der Waals surface area contributed by atoms with Gasteiger partial charge in [0.1, 0.15) is 0 Å². The Hall–Kier alpha value is -2.09. The molecule has 0 aliphatic rings. The smallest absolute Gasteiger partial charge is 0.335 e. The topological polar surface area (TPSA) is 37.3 Å². The first-order valence-electron chi connectivity index (χ1n) is 7.03. The number of carboxylic acids is 1. The molecule has 0 unspecified atom stereocenters. The van der Waals surface area contributed by atoms with Crippen LogP contribution in [0.15, 0.2) is 36.4 Å². The Morgan fingerprint density at radius 1 is 1.05 bits per heavy atom. The zero-order valence-corrected chi connectivity index (χ0v) is 12.2. The van der Waals surface area contributed by atoms with Gasteiger partial charge in [-0.05, 0) is 53.6 Å². The van der Waals surface area contributed by atoms with E-state index in [4.69, 9.17) is 0 Å². The molecule has 0 aliphatic carbocycles. The lowest BCUT2D eigenvalue weighted by molar-refractivity contribution is 0.0696. The largest absolute Gasteiger partial charge is 0.478 e. The van der Waals surface area contributed by atoms with Crippen molar-refractivity contribution in [3.05, 3.63) is 58.7 Å². The van der Waals surface area contributed by atoms with Gasteiger partial charge >= 0.3 is 5.97 Å². The highest BCUT2D eigenvalue weighted by Crippen LogP contribution is 2.30. The van der Waals surface area contributed by atoms with Gasteiger partial charge in [-0.15, -0.1) is 0 Å². The molecule has 0 spiro atoms. The summed E-state index contributed by atoms with van der Waals surface area (Å²) in [6, 6.07) is 12.0. The van der Waals surface area contributed by atoms with Gasteiger partial charge < -0.3 is 5.11 Å². The Labute approximate surface area is 120 Å². The molecule has 0 saturated carbocycles. The minimum atomic E-state index is -0.867. The number of carboxylic acid groups (broad SMARTS) is 1. The number of aromatic carboxylic acids is 1. The number of benzene rings is 2. The maximum atomic E-state index is 11.3. The van der Waals surface area contributed by atoms with E-state index in [2.05, 4.69) is 32.0 Å². The summed E-state index contributed by atoms with van der Waals surface area (Å²) in [5.41, 5.74) is 5.93. The summed E-state index contributed by atoms with van der Waals surface area (Å²) in [7, 11) is 0. The number of rotatable bonds is 4. The molecule has 0 saturated heterocycles. The van der Waals surface area contributed by atoms with E-state index in [0.29, 0.717) is 5.56 Å². The van der Waals surface area contributed by atoms with Crippen molar-refractivity contribution in [1.29, 1.82) is 0 Å². The van der Waals surface area contributed by atoms with Crippen LogP contribution in [0.1, 0.15) is 40.9 Å². The van der Waals surface area contributed by atoms with E-state index in [1.165, 1.54) is 11.1 Å². The molecule has 2 nitrogen and oxygen atoms in total. The highest BCUT2D eigenvalue weighted by Gasteiger charge is 2.13. The molecule has 0 aliphatic heterocycles. The van der Waals surface area contributed by atoms with Gasteiger partial charge in [0.25, 0.3) is 0 Å². The summed E-state index contributed by atoms with van der Waals surface area (Å²) in [6.45, 7) is 6.14. The van der Waals surface area contributed by atoms with E-state index in [0.717, 1.165) is 29.5 Å². The monoisotopic (exact) mass is 268 g/mol. The first-order valence-corrected chi connectivity index (χ1v) is 7.03. The third-order valence-corrected chi connectivity index (χ3v) is 3.82. The van der Waals surface area contributed by atoms with Crippen LogP contribution in [0.3, 0.4) is 0 Å². The molecule has 1 N–H and O–H groups in total. The summed E-state index contributed by atoms with van der Waals surface area (Å²) in [5.74, 6) is -0.867. The lowest BCUT2D eigenvalue weighted by Crippen LogP contribution is -2.02. The predicted octanol–water partition coefficient (Wildman–Crippen LogP) is 4.49. The summed E-state index contributed by atoms with van der Waals surface area (Å²) >= 11 is 0. The van der Waals surface area contributed by atoms with Crippen molar-refractivity contribution in [2.75, 3.05) is 0 Å². The Kier molecular flexibility index (Phi) is 4.23. The maximum absolute atomic E-state index is 11.3. The number of aryl methyl sites for hydroxylation is 2. The minimum absolute atomic E-state index is 0.381. The fourth-order valence-corrected chi connectivity index (χ4v) is 2.56. The first-order chi connectivity index (χ1) is 9.58. The molecule has 2 aromatic carbocycles. The van der Waals surface area contributed by atoms with Gasteiger partial charge in [-0.3, -0.25) is 0 Å². The van der Waals surface area contributed by atoms with Crippen molar-refractivity contribution in [3.8, 4) is 11.1 Å². The molecule has 0 fully saturated rings. The van der Waals surface area contributed by atoms with E-state index in [-0.39, 0.29) is 0 Å². The average Bonchev–Trinajstić information content (AvgIpc) is 2.46. The second-order valence-corrected chi connectivity index (χ2v) is 4.98. The van der Waals surface area contributed by atoms with Crippen LogP contribution in [0.2, 0.25) is 0 Å². The maximum Gasteiger partial charge on any atom is 0.335 e. The first kappa shape index (κ1) is 14.3. The van der Waals surface area contributed by atoms with Crippen molar-refractivity contribution >= 4 is 5.97 Å². The van der Waals surface area contributed by atoms with Crippen molar-refractivity contribution in [2.24, 2.45) is 0 Å². The zero-order chi connectivity index (χ0) is 14.7. The molecule has 2 heteroatoms. The number of hydrogen-bond acceptors (Lipinski definition) is 1. The van der Waals surface area contributed by atoms with Crippen molar-refractivity contribution in [3.63, 3.8) is 0 Å². The quantitative estimate of drug-likeness (QED) is 0.887.